The van der Waals surface area contributed by atoms with E-state index >= 15 is 0 Å². The molecule has 0 unspecified atom stereocenters. The lowest BCUT2D eigenvalue weighted by Gasteiger charge is -2.09. The van der Waals surface area contributed by atoms with Crippen LogP contribution in [0.4, 0.5) is 0 Å². The van der Waals surface area contributed by atoms with E-state index in [1.807, 2.05) is 24.3 Å². The number of nitrogens with two attached hydrogens (primary N) is 1. The number of hydrogen-bond donors (Lipinski definition) is 1. The number of ether oxygens (including phenoxy) is 1. The Bertz CT molecular complexity index is 597. The van der Waals surface area contributed by atoms with Crippen molar-refractivity contribution in [3.63, 3.8) is 0 Å². The summed E-state index contributed by atoms with van der Waals surface area (Å²) in [5.74, 6) is 0.216. The van der Waals surface area contributed by atoms with Crippen molar-refractivity contribution in [3.05, 3.63) is 62.5 Å². The van der Waals surface area contributed by atoms with Gasteiger partial charge in [0, 0.05) is 10.0 Å². The van der Waals surface area contributed by atoms with Crippen molar-refractivity contribution in [2.75, 3.05) is 0 Å². The first-order valence-electron chi connectivity index (χ1n) is 5.53. The van der Waals surface area contributed by atoms with Gasteiger partial charge in [0.15, 0.2) is 0 Å². The molecule has 2 aromatic rings. The van der Waals surface area contributed by atoms with E-state index in [0.717, 1.165) is 10.0 Å². The molecule has 5 heteroatoms. The van der Waals surface area contributed by atoms with Crippen LogP contribution >= 0.6 is 31.9 Å². The van der Waals surface area contributed by atoms with Crippen LogP contribution in [0.1, 0.15) is 15.9 Å². The largest absolute Gasteiger partial charge is 0.488 e. The molecule has 0 radical (unpaired) electrons. The second kappa shape index (κ2) is 6.21. The Morgan fingerprint density at radius 2 is 1.79 bits per heavy atom. The highest BCUT2D eigenvalue weighted by Crippen LogP contribution is 2.26. The molecule has 0 fully saturated rings. The second-order valence-corrected chi connectivity index (χ2v) is 5.69. The molecule has 2 aromatic carbocycles. The summed E-state index contributed by atoms with van der Waals surface area (Å²) in [6, 6.07) is 12.9. The first-order valence-corrected chi connectivity index (χ1v) is 7.11. The zero-order chi connectivity index (χ0) is 13.8. The van der Waals surface area contributed by atoms with Gasteiger partial charge in [0.1, 0.15) is 12.4 Å². The van der Waals surface area contributed by atoms with Gasteiger partial charge in [0.25, 0.3) is 0 Å². The van der Waals surface area contributed by atoms with Crippen LogP contribution in [0, 0.1) is 0 Å². The monoisotopic (exact) mass is 383 g/mol. The summed E-state index contributed by atoms with van der Waals surface area (Å²) in [5.41, 5.74) is 6.72. The van der Waals surface area contributed by atoms with Gasteiger partial charge in [-0.2, -0.15) is 0 Å². The maximum absolute atomic E-state index is 11.0. The van der Waals surface area contributed by atoms with Crippen LogP contribution in [-0.2, 0) is 6.61 Å². The molecule has 0 saturated heterocycles. The average Bonchev–Trinajstić information content (AvgIpc) is 2.39. The molecule has 98 valence electrons. The molecule has 3 nitrogen and oxygen atoms in total. The maximum Gasteiger partial charge on any atom is 0.248 e. The molecule has 0 aromatic heterocycles. The smallest absolute Gasteiger partial charge is 0.248 e. The van der Waals surface area contributed by atoms with E-state index in [4.69, 9.17) is 10.5 Å². The van der Waals surface area contributed by atoms with E-state index in [0.29, 0.717) is 22.4 Å². The Morgan fingerprint density at radius 3 is 2.37 bits per heavy atom. The Balaban J connectivity index is 2.07. The molecule has 2 N–H and O–H groups in total. The summed E-state index contributed by atoms with van der Waals surface area (Å²) in [6.07, 6.45) is 0. The molecule has 0 aliphatic rings. The normalized spacial score (nSPS) is 10.2. The van der Waals surface area contributed by atoms with Crippen LogP contribution in [-0.4, -0.2) is 5.91 Å². The van der Waals surface area contributed by atoms with Gasteiger partial charge in [-0.05, 0) is 51.8 Å². The molecule has 0 heterocycles. The summed E-state index contributed by atoms with van der Waals surface area (Å²) in [7, 11) is 0. The fraction of sp³-hybridized carbons (Fsp3) is 0.0714. The predicted octanol–water partition coefficient (Wildman–Crippen LogP) is 3.89. The Morgan fingerprint density at radius 1 is 1.11 bits per heavy atom. The number of primary amides is 1. The minimum atomic E-state index is -0.458. The van der Waals surface area contributed by atoms with E-state index in [2.05, 4.69) is 31.9 Å². The topological polar surface area (TPSA) is 52.3 Å². The van der Waals surface area contributed by atoms with Gasteiger partial charge in [0.2, 0.25) is 5.91 Å². The van der Waals surface area contributed by atoms with Crippen molar-refractivity contribution >= 4 is 37.8 Å². The van der Waals surface area contributed by atoms with Crippen molar-refractivity contribution in [1.82, 2.24) is 0 Å². The Kier molecular flexibility index (Phi) is 4.61. The van der Waals surface area contributed by atoms with E-state index < -0.39 is 5.91 Å². The maximum atomic E-state index is 11.0. The Hall–Kier alpha value is -1.33. The first kappa shape index (κ1) is 14.1. The molecule has 0 aliphatic heterocycles. The van der Waals surface area contributed by atoms with Crippen LogP contribution in [0.5, 0.6) is 5.75 Å². The molecule has 19 heavy (non-hydrogen) atoms. The van der Waals surface area contributed by atoms with Crippen molar-refractivity contribution < 1.29 is 9.53 Å². The van der Waals surface area contributed by atoms with Gasteiger partial charge in [-0.3, -0.25) is 4.79 Å². The van der Waals surface area contributed by atoms with Gasteiger partial charge in [0.05, 0.1) is 4.47 Å². The lowest BCUT2D eigenvalue weighted by Crippen LogP contribution is -2.10. The van der Waals surface area contributed by atoms with E-state index in [1.54, 1.807) is 18.2 Å². The minimum Gasteiger partial charge on any atom is -0.488 e. The summed E-state index contributed by atoms with van der Waals surface area (Å²) < 4.78 is 7.42. The van der Waals surface area contributed by atoms with Gasteiger partial charge >= 0.3 is 0 Å². The van der Waals surface area contributed by atoms with Crippen LogP contribution < -0.4 is 10.5 Å². The lowest BCUT2D eigenvalue weighted by molar-refractivity contribution is 0.1000. The van der Waals surface area contributed by atoms with E-state index in [9.17, 15) is 4.79 Å². The number of carbonyl (C=O) groups excluding carboxylic acids is 1. The molecular formula is C14H11Br2NO2. The molecule has 2 rings (SSSR count). The summed E-state index contributed by atoms with van der Waals surface area (Å²) >= 11 is 6.74. The average molecular weight is 385 g/mol. The van der Waals surface area contributed by atoms with E-state index in [1.165, 1.54) is 0 Å². The molecule has 1 amide bonds. The number of halogens is 2. The van der Waals surface area contributed by atoms with E-state index in [-0.39, 0.29) is 0 Å². The second-order valence-electron chi connectivity index (χ2n) is 3.92. The van der Waals surface area contributed by atoms with Crippen molar-refractivity contribution in [2.45, 2.75) is 6.61 Å². The van der Waals surface area contributed by atoms with Gasteiger partial charge in [-0.15, -0.1) is 0 Å². The third-order valence-electron chi connectivity index (χ3n) is 2.52. The summed E-state index contributed by atoms with van der Waals surface area (Å²) in [5, 5.41) is 0. The van der Waals surface area contributed by atoms with Gasteiger partial charge in [-0.25, -0.2) is 0 Å². The number of benzene rings is 2. The number of amides is 1. The highest BCUT2D eigenvalue weighted by Gasteiger charge is 2.06. The van der Waals surface area contributed by atoms with Crippen molar-refractivity contribution in [1.29, 1.82) is 0 Å². The number of hydrogen-bond acceptors (Lipinski definition) is 2. The summed E-state index contributed by atoms with van der Waals surface area (Å²) in [4.78, 5) is 11.0. The standard InChI is InChI=1S/C14H11Br2NO2/c15-11-4-1-9(2-5-11)8-19-13-6-3-10(14(17)18)7-12(13)16/h1-7H,8H2,(H2,17,18). The molecular weight excluding hydrogens is 374 g/mol. The highest BCUT2D eigenvalue weighted by molar-refractivity contribution is 9.10. The van der Waals surface area contributed by atoms with Crippen LogP contribution in [0.2, 0.25) is 0 Å². The van der Waals surface area contributed by atoms with Crippen LogP contribution in [0.3, 0.4) is 0 Å². The quantitative estimate of drug-likeness (QED) is 0.869. The molecule has 0 bridgehead atoms. The fourth-order valence-electron chi connectivity index (χ4n) is 1.51. The van der Waals surface area contributed by atoms with Crippen LogP contribution in [0.15, 0.2) is 51.4 Å². The van der Waals surface area contributed by atoms with Crippen molar-refractivity contribution in [3.8, 4) is 5.75 Å². The fourth-order valence-corrected chi connectivity index (χ4v) is 2.27. The van der Waals surface area contributed by atoms with Gasteiger partial charge in [-0.1, -0.05) is 28.1 Å². The SMILES string of the molecule is NC(=O)c1ccc(OCc2ccc(Br)cc2)c(Br)c1. The van der Waals surface area contributed by atoms with Gasteiger partial charge < -0.3 is 10.5 Å². The zero-order valence-electron chi connectivity index (χ0n) is 9.90. The summed E-state index contributed by atoms with van der Waals surface area (Å²) in [6.45, 7) is 0.460. The lowest BCUT2D eigenvalue weighted by atomic mass is 10.2. The molecule has 0 spiro atoms. The van der Waals surface area contributed by atoms with Crippen LogP contribution in [0.25, 0.3) is 0 Å². The predicted molar refractivity (Wildman–Crippen MR) is 81.1 cm³/mol. The molecule has 0 atom stereocenters. The first-order chi connectivity index (χ1) is 9.06. The third kappa shape index (κ3) is 3.81. The van der Waals surface area contributed by atoms with Crippen molar-refractivity contribution in [2.24, 2.45) is 5.73 Å². The number of rotatable bonds is 4. The highest BCUT2D eigenvalue weighted by atomic mass is 79.9. The molecule has 0 saturated carbocycles. The number of carbonyl (C=O) groups is 1. The third-order valence-corrected chi connectivity index (χ3v) is 3.67. The Labute approximate surface area is 128 Å². The molecule has 0 aliphatic carbocycles. The zero-order valence-corrected chi connectivity index (χ0v) is 13.1. The minimum absolute atomic E-state index is 0.447.